The predicted molar refractivity (Wildman–Crippen MR) is 89.1 cm³/mol. The molecule has 5 nitrogen and oxygen atoms in total. The topological polar surface area (TPSA) is 62.3 Å². The Kier molecular flexibility index (Phi) is 5.37. The smallest absolute Gasteiger partial charge is 0.246 e. The summed E-state index contributed by atoms with van der Waals surface area (Å²) in [5.41, 5.74) is 0.971. The number of aromatic nitrogens is 1. The molecule has 0 radical (unpaired) electrons. The summed E-state index contributed by atoms with van der Waals surface area (Å²) >= 11 is 4.83. The van der Waals surface area contributed by atoms with Crippen molar-refractivity contribution in [2.45, 2.75) is 18.4 Å². The lowest BCUT2D eigenvalue weighted by molar-refractivity contribution is 0.467. The second-order valence-electron chi connectivity index (χ2n) is 4.42. The van der Waals surface area contributed by atoms with Crippen molar-refractivity contribution < 1.29 is 8.42 Å². The Hall–Kier alpha value is -0.960. The number of hydrogen-bond acceptors (Lipinski definition) is 5. The molecule has 0 saturated heterocycles. The summed E-state index contributed by atoms with van der Waals surface area (Å²) in [6.45, 7) is 2.84. The Balaban J connectivity index is 2.36. The number of thiophene rings is 1. The molecule has 1 N–H and O–H groups in total. The molecule has 2 rings (SSSR count). The molecule has 2 heterocycles. The monoisotopic (exact) mass is 389 g/mol. The maximum atomic E-state index is 12.7. The van der Waals surface area contributed by atoms with Gasteiger partial charge in [-0.1, -0.05) is 0 Å². The Bertz CT molecular complexity index is 702. The molecular weight excluding hydrogens is 374 g/mol. The van der Waals surface area contributed by atoms with Gasteiger partial charge in [0.25, 0.3) is 0 Å². The van der Waals surface area contributed by atoms with E-state index in [1.165, 1.54) is 4.31 Å². The van der Waals surface area contributed by atoms with Crippen molar-refractivity contribution in [2.75, 3.05) is 18.9 Å². The Morgan fingerprint density at radius 1 is 1.48 bits per heavy atom. The summed E-state index contributed by atoms with van der Waals surface area (Å²) in [5, 5.41) is 6.86. The van der Waals surface area contributed by atoms with Gasteiger partial charge in [0.15, 0.2) is 0 Å². The summed E-state index contributed by atoms with van der Waals surface area (Å²) in [6.07, 6.45) is 1.58. The van der Waals surface area contributed by atoms with Crippen molar-refractivity contribution in [3.63, 3.8) is 0 Å². The highest BCUT2D eigenvalue weighted by atomic mass is 79.9. The summed E-state index contributed by atoms with van der Waals surface area (Å²) in [4.78, 5) is 4.33. The van der Waals surface area contributed by atoms with Crippen molar-refractivity contribution in [2.24, 2.45) is 0 Å². The normalized spacial score (nSPS) is 11.8. The third-order valence-electron chi connectivity index (χ3n) is 2.84. The molecule has 2 aromatic heterocycles. The van der Waals surface area contributed by atoms with Crippen molar-refractivity contribution in [1.29, 1.82) is 0 Å². The molecule has 0 aliphatic carbocycles. The van der Waals surface area contributed by atoms with E-state index in [1.54, 1.807) is 30.6 Å². The molecule has 0 spiro atoms. The van der Waals surface area contributed by atoms with Gasteiger partial charge < -0.3 is 5.32 Å². The van der Waals surface area contributed by atoms with Crippen LogP contribution in [-0.4, -0.2) is 31.3 Å². The van der Waals surface area contributed by atoms with E-state index in [9.17, 15) is 8.42 Å². The lowest BCUT2D eigenvalue weighted by atomic mass is 10.3. The van der Waals surface area contributed by atoms with Crippen LogP contribution in [0.2, 0.25) is 0 Å². The molecule has 2 aromatic rings. The molecule has 8 heteroatoms. The lowest BCUT2D eigenvalue weighted by Crippen LogP contribution is -2.27. The number of rotatable bonds is 6. The Morgan fingerprint density at radius 2 is 2.24 bits per heavy atom. The largest absolute Gasteiger partial charge is 0.369 e. The number of pyridine rings is 1. The zero-order chi connectivity index (χ0) is 15.5. The zero-order valence-electron chi connectivity index (χ0n) is 11.7. The number of halogens is 1. The standard InChI is InChI=1S/C13H16BrN3O2S2/c1-3-15-13-12(6-11(14)7-16-13)21(18,19)17(2)8-10-4-5-20-9-10/h4-7,9H,3,8H2,1-2H3,(H,15,16). The summed E-state index contributed by atoms with van der Waals surface area (Å²) in [7, 11) is -2.03. The predicted octanol–water partition coefficient (Wildman–Crippen LogP) is 3.16. The third kappa shape index (κ3) is 3.82. The zero-order valence-corrected chi connectivity index (χ0v) is 14.9. The number of hydrogen-bond donors (Lipinski definition) is 1. The first-order valence-corrected chi connectivity index (χ1v) is 9.49. The molecule has 0 atom stereocenters. The van der Waals surface area contributed by atoms with E-state index in [0.717, 1.165) is 5.56 Å². The molecule has 0 aromatic carbocycles. The fourth-order valence-corrected chi connectivity index (χ4v) is 4.25. The second-order valence-corrected chi connectivity index (χ2v) is 8.13. The summed E-state index contributed by atoms with van der Waals surface area (Å²) < 4.78 is 27.4. The molecule has 0 saturated carbocycles. The van der Waals surface area contributed by atoms with Gasteiger partial charge in [-0.25, -0.2) is 13.4 Å². The number of nitrogens with zero attached hydrogens (tertiary/aromatic N) is 2. The second kappa shape index (κ2) is 6.87. The van der Waals surface area contributed by atoms with E-state index in [-0.39, 0.29) is 4.90 Å². The molecule has 0 fully saturated rings. The van der Waals surface area contributed by atoms with Gasteiger partial charge in [0, 0.05) is 30.8 Å². The summed E-state index contributed by atoms with van der Waals surface area (Å²) in [5.74, 6) is 0.373. The van der Waals surface area contributed by atoms with Gasteiger partial charge in [0.05, 0.1) is 0 Å². The van der Waals surface area contributed by atoms with Crippen LogP contribution in [0.3, 0.4) is 0 Å². The maximum absolute atomic E-state index is 12.7. The number of nitrogens with one attached hydrogen (secondary N) is 1. The van der Waals surface area contributed by atoms with Gasteiger partial charge in [0.2, 0.25) is 10.0 Å². The first-order chi connectivity index (χ1) is 9.95. The number of sulfonamides is 1. The van der Waals surface area contributed by atoms with Crippen LogP contribution >= 0.6 is 27.3 Å². The van der Waals surface area contributed by atoms with E-state index in [1.807, 2.05) is 23.8 Å². The van der Waals surface area contributed by atoms with Crippen LogP contribution in [0.1, 0.15) is 12.5 Å². The molecular formula is C13H16BrN3O2S2. The molecule has 0 bridgehead atoms. The average molecular weight is 390 g/mol. The van der Waals surface area contributed by atoms with Crippen molar-refractivity contribution in [1.82, 2.24) is 9.29 Å². The first-order valence-electron chi connectivity index (χ1n) is 6.32. The fraction of sp³-hybridized carbons (Fsp3) is 0.308. The van der Waals surface area contributed by atoms with E-state index in [4.69, 9.17) is 0 Å². The minimum Gasteiger partial charge on any atom is -0.369 e. The van der Waals surface area contributed by atoms with Gasteiger partial charge in [-0.2, -0.15) is 15.6 Å². The minimum atomic E-state index is -3.61. The third-order valence-corrected chi connectivity index (χ3v) is 5.82. The molecule has 0 aliphatic heterocycles. The minimum absolute atomic E-state index is 0.177. The van der Waals surface area contributed by atoms with Crippen LogP contribution in [0.15, 0.2) is 38.5 Å². The Labute approximate surface area is 137 Å². The highest BCUT2D eigenvalue weighted by Crippen LogP contribution is 2.26. The van der Waals surface area contributed by atoms with Gasteiger partial charge in [-0.3, -0.25) is 0 Å². The van der Waals surface area contributed by atoms with E-state index >= 15 is 0 Å². The quantitative estimate of drug-likeness (QED) is 0.823. The fourth-order valence-electron chi connectivity index (χ4n) is 1.81. The van der Waals surface area contributed by atoms with Gasteiger partial charge in [0.1, 0.15) is 10.7 Å². The number of anilines is 1. The van der Waals surface area contributed by atoms with Crippen molar-refractivity contribution in [3.05, 3.63) is 39.1 Å². The maximum Gasteiger partial charge on any atom is 0.246 e. The van der Waals surface area contributed by atoms with Crippen molar-refractivity contribution in [3.8, 4) is 0 Å². The Morgan fingerprint density at radius 3 is 2.86 bits per heavy atom. The van der Waals surface area contributed by atoms with E-state index in [0.29, 0.717) is 23.4 Å². The highest BCUT2D eigenvalue weighted by Gasteiger charge is 2.25. The SMILES string of the molecule is CCNc1ncc(Br)cc1S(=O)(=O)N(C)Cc1ccsc1. The van der Waals surface area contributed by atoms with Crippen LogP contribution in [0.25, 0.3) is 0 Å². The van der Waals surface area contributed by atoms with Gasteiger partial charge in [-0.05, 0) is 51.3 Å². The lowest BCUT2D eigenvalue weighted by Gasteiger charge is -2.19. The summed E-state index contributed by atoms with van der Waals surface area (Å²) in [6, 6.07) is 3.49. The molecule has 21 heavy (non-hydrogen) atoms. The first kappa shape index (κ1) is 16.4. The van der Waals surface area contributed by atoms with Crippen LogP contribution in [0.4, 0.5) is 5.82 Å². The van der Waals surface area contributed by atoms with E-state index < -0.39 is 10.0 Å². The van der Waals surface area contributed by atoms with Crippen molar-refractivity contribution >= 4 is 43.1 Å². The van der Waals surface area contributed by atoms with Crippen LogP contribution < -0.4 is 5.32 Å². The van der Waals surface area contributed by atoms with Gasteiger partial charge in [-0.15, -0.1) is 0 Å². The highest BCUT2D eigenvalue weighted by molar-refractivity contribution is 9.10. The average Bonchev–Trinajstić information content (AvgIpc) is 2.93. The molecule has 0 unspecified atom stereocenters. The van der Waals surface area contributed by atoms with Crippen LogP contribution in [-0.2, 0) is 16.6 Å². The molecule has 0 amide bonds. The van der Waals surface area contributed by atoms with E-state index in [2.05, 4.69) is 26.2 Å². The van der Waals surface area contributed by atoms with Gasteiger partial charge >= 0.3 is 0 Å². The molecule has 114 valence electrons. The van der Waals surface area contributed by atoms with Crippen LogP contribution in [0, 0.1) is 0 Å². The molecule has 0 aliphatic rings. The van der Waals surface area contributed by atoms with Crippen LogP contribution in [0.5, 0.6) is 0 Å².